The second-order valence-electron chi connectivity index (χ2n) is 4.84. The highest BCUT2D eigenvalue weighted by molar-refractivity contribution is 7.09. The molecule has 1 heterocycles. The van der Waals surface area contributed by atoms with Gasteiger partial charge >= 0.3 is 0 Å². The maximum Gasteiger partial charge on any atom is 0.0794 e. The van der Waals surface area contributed by atoms with Gasteiger partial charge in [0.05, 0.1) is 5.51 Å². The van der Waals surface area contributed by atoms with Gasteiger partial charge in [-0.3, -0.25) is 4.98 Å². The van der Waals surface area contributed by atoms with Crippen LogP contribution in [-0.4, -0.2) is 17.6 Å². The fourth-order valence-corrected chi connectivity index (χ4v) is 2.32. The normalized spacial score (nSPS) is 15.5. The number of thiazole rings is 1. The average Bonchev–Trinajstić information content (AvgIpc) is 2.67. The van der Waals surface area contributed by atoms with E-state index in [1.807, 2.05) is 11.7 Å². The molecule has 0 bridgehead atoms. The maximum atomic E-state index is 4.13. The molecule has 2 nitrogen and oxygen atoms in total. The van der Waals surface area contributed by atoms with Gasteiger partial charge in [-0.25, -0.2) is 0 Å². The van der Waals surface area contributed by atoms with Gasteiger partial charge in [-0.1, -0.05) is 27.7 Å². The molecule has 1 atom stereocenters. The van der Waals surface area contributed by atoms with Gasteiger partial charge in [0.2, 0.25) is 0 Å². The van der Waals surface area contributed by atoms with E-state index in [4.69, 9.17) is 0 Å². The molecule has 0 saturated heterocycles. The quantitative estimate of drug-likeness (QED) is 0.806. The van der Waals surface area contributed by atoms with Crippen LogP contribution in [0.4, 0.5) is 0 Å². The third kappa shape index (κ3) is 4.31. The van der Waals surface area contributed by atoms with E-state index in [9.17, 15) is 0 Å². The largest absolute Gasteiger partial charge is 0.314 e. The lowest BCUT2D eigenvalue weighted by Gasteiger charge is -2.29. The van der Waals surface area contributed by atoms with Crippen LogP contribution in [0.1, 0.15) is 39.0 Å². The Kier molecular flexibility index (Phi) is 4.74. The third-order valence-corrected chi connectivity index (χ3v) is 3.65. The summed E-state index contributed by atoms with van der Waals surface area (Å²) in [6, 6.07) is 0.567. The minimum Gasteiger partial charge on any atom is -0.314 e. The van der Waals surface area contributed by atoms with Gasteiger partial charge in [0.15, 0.2) is 0 Å². The first-order valence-corrected chi connectivity index (χ1v) is 6.54. The van der Waals surface area contributed by atoms with Crippen LogP contribution in [0.3, 0.4) is 0 Å². The first-order valence-electron chi connectivity index (χ1n) is 5.66. The highest BCUT2D eigenvalue weighted by atomic mass is 32.1. The highest BCUT2D eigenvalue weighted by Crippen LogP contribution is 2.27. The molecule has 0 aliphatic heterocycles. The second-order valence-corrected chi connectivity index (χ2v) is 5.82. The highest BCUT2D eigenvalue weighted by Gasteiger charge is 2.23. The number of nitrogens with zero attached hydrogens (tertiary/aromatic N) is 1. The van der Waals surface area contributed by atoms with Gasteiger partial charge in [-0.2, -0.15) is 0 Å². The Bertz CT molecular complexity index is 269. The molecule has 0 fully saturated rings. The van der Waals surface area contributed by atoms with Crippen LogP contribution in [0.5, 0.6) is 0 Å². The predicted octanol–water partition coefficient (Wildman–Crippen LogP) is 3.10. The van der Waals surface area contributed by atoms with Crippen LogP contribution >= 0.6 is 11.3 Å². The van der Waals surface area contributed by atoms with Gasteiger partial charge in [0.1, 0.15) is 0 Å². The van der Waals surface area contributed by atoms with Crippen molar-refractivity contribution in [2.75, 3.05) is 6.54 Å². The zero-order valence-electron chi connectivity index (χ0n) is 10.2. The Morgan fingerprint density at radius 1 is 1.53 bits per heavy atom. The van der Waals surface area contributed by atoms with E-state index in [0.29, 0.717) is 11.5 Å². The molecule has 3 heteroatoms. The number of aromatic nitrogens is 1. The van der Waals surface area contributed by atoms with Crippen LogP contribution in [0.15, 0.2) is 11.7 Å². The number of nitrogens with one attached hydrogen (secondary N) is 1. The fourth-order valence-electron chi connectivity index (χ4n) is 1.51. The van der Waals surface area contributed by atoms with Crippen molar-refractivity contribution in [3.05, 3.63) is 16.6 Å². The van der Waals surface area contributed by atoms with E-state index < -0.39 is 0 Å². The van der Waals surface area contributed by atoms with Crippen LogP contribution in [0.25, 0.3) is 0 Å². The number of hydrogen-bond acceptors (Lipinski definition) is 3. The van der Waals surface area contributed by atoms with Crippen molar-refractivity contribution in [2.45, 2.75) is 46.6 Å². The van der Waals surface area contributed by atoms with Gasteiger partial charge < -0.3 is 5.32 Å². The minimum absolute atomic E-state index is 0.358. The molecule has 0 aromatic carbocycles. The van der Waals surface area contributed by atoms with Crippen molar-refractivity contribution in [1.82, 2.24) is 10.3 Å². The zero-order chi connectivity index (χ0) is 11.3. The van der Waals surface area contributed by atoms with Gasteiger partial charge in [0, 0.05) is 23.7 Å². The smallest absolute Gasteiger partial charge is 0.0794 e. The SMILES string of the molecule is CCC(C)(CNC(C)C)Cc1cncs1. The molecule has 0 aliphatic rings. The zero-order valence-corrected chi connectivity index (χ0v) is 11.0. The van der Waals surface area contributed by atoms with Crippen molar-refractivity contribution >= 4 is 11.3 Å². The predicted molar refractivity (Wildman–Crippen MR) is 67.4 cm³/mol. The summed E-state index contributed by atoms with van der Waals surface area (Å²) in [4.78, 5) is 5.53. The summed E-state index contributed by atoms with van der Waals surface area (Å²) >= 11 is 1.76. The second kappa shape index (κ2) is 5.61. The Balaban J connectivity index is 2.52. The molecule has 0 amide bonds. The molecule has 0 saturated carbocycles. The van der Waals surface area contributed by atoms with Gasteiger partial charge in [0.25, 0.3) is 0 Å². The Labute approximate surface area is 97.1 Å². The standard InChI is InChI=1S/C12H22N2S/c1-5-12(4,8-14-10(2)3)6-11-7-13-9-15-11/h7,9-10,14H,5-6,8H2,1-4H3. The van der Waals surface area contributed by atoms with E-state index in [1.165, 1.54) is 11.3 Å². The van der Waals surface area contributed by atoms with Gasteiger partial charge in [-0.05, 0) is 18.3 Å². The molecule has 0 aliphatic carbocycles. The van der Waals surface area contributed by atoms with Crippen molar-refractivity contribution in [2.24, 2.45) is 5.41 Å². The van der Waals surface area contributed by atoms with E-state index in [-0.39, 0.29) is 0 Å². The summed E-state index contributed by atoms with van der Waals surface area (Å²) in [7, 11) is 0. The summed E-state index contributed by atoms with van der Waals surface area (Å²) in [6.45, 7) is 10.1. The molecule has 0 spiro atoms. The van der Waals surface area contributed by atoms with E-state index in [2.05, 4.69) is 38.0 Å². The Hall–Kier alpha value is -0.410. The summed E-state index contributed by atoms with van der Waals surface area (Å²) in [6.07, 6.45) is 4.33. The molecule has 1 N–H and O–H groups in total. The Morgan fingerprint density at radius 2 is 2.27 bits per heavy atom. The van der Waals surface area contributed by atoms with E-state index in [1.54, 1.807) is 11.3 Å². The summed E-state index contributed by atoms with van der Waals surface area (Å²) in [5.74, 6) is 0. The van der Waals surface area contributed by atoms with Crippen molar-refractivity contribution < 1.29 is 0 Å². The lowest BCUT2D eigenvalue weighted by atomic mass is 9.83. The molecule has 1 aromatic rings. The molecule has 1 aromatic heterocycles. The van der Waals surface area contributed by atoms with E-state index in [0.717, 1.165) is 13.0 Å². The lowest BCUT2D eigenvalue weighted by Crippen LogP contribution is -2.36. The molecular formula is C12H22N2S. The third-order valence-electron chi connectivity index (χ3n) is 2.88. The monoisotopic (exact) mass is 226 g/mol. The average molecular weight is 226 g/mol. The molecule has 15 heavy (non-hydrogen) atoms. The number of rotatable bonds is 6. The van der Waals surface area contributed by atoms with Crippen LogP contribution < -0.4 is 5.32 Å². The summed E-state index contributed by atoms with van der Waals surface area (Å²) in [5, 5.41) is 3.53. The summed E-state index contributed by atoms with van der Waals surface area (Å²) < 4.78 is 0. The summed E-state index contributed by atoms with van der Waals surface area (Å²) in [5.41, 5.74) is 2.28. The lowest BCUT2D eigenvalue weighted by molar-refractivity contribution is 0.283. The topological polar surface area (TPSA) is 24.9 Å². The first-order chi connectivity index (χ1) is 7.06. The van der Waals surface area contributed by atoms with Crippen LogP contribution in [-0.2, 0) is 6.42 Å². The molecule has 1 rings (SSSR count). The van der Waals surface area contributed by atoms with Crippen LogP contribution in [0, 0.1) is 5.41 Å². The fraction of sp³-hybridized carbons (Fsp3) is 0.750. The first kappa shape index (κ1) is 12.7. The van der Waals surface area contributed by atoms with Crippen molar-refractivity contribution in [3.63, 3.8) is 0 Å². The molecular weight excluding hydrogens is 204 g/mol. The van der Waals surface area contributed by atoms with Gasteiger partial charge in [-0.15, -0.1) is 11.3 Å². The molecule has 86 valence electrons. The molecule has 0 radical (unpaired) electrons. The number of hydrogen-bond donors (Lipinski definition) is 1. The minimum atomic E-state index is 0.358. The maximum absolute atomic E-state index is 4.13. The van der Waals surface area contributed by atoms with Crippen LogP contribution in [0.2, 0.25) is 0 Å². The van der Waals surface area contributed by atoms with Crippen molar-refractivity contribution in [1.29, 1.82) is 0 Å². The van der Waals surface area contributed by atoms with Crippen molar-refractivity contribution in [3.8, 4) is 0 Å². The Morgan fingerprint density at radius 3 is 2.73 bits per heavy atom. The van der Waals surface area contributed by atoms with E-state index >= 15 is 0 Å². The molecule has 1 unspecified atom stereocenters.